The van der Waals surface area contributed by atoms with Crippen LogP contribution >= 0.6 is 11.8 Å². The lowest BCUT2D eigenvalue weighted by atomic mass is 9.88. The molecule has 0 aromatic heterocycles. The third-order valence-corrected chi connectivity index (χ3v) is 5.43. The van der Waals surface area contributed by atoms with Crippen LogP contribution in [0, 0.1) is 0 Å². The minimum absolute atomic E-state index is 0.352. The van der Waals surface area contributed by atoms with Gasteiger partial charge in [-0.1, -0.05) is 54.6 Å². The smallest absolute Gasteiger partial charge is 0.343 e. The Kier molecular flexibility index (Phi) is 7.06. The minimum Gasteiger partial charge on any atom is -0.405 e. The van der Waals surface area contributed by atoms with Gasteiger partial charge < -0.3 is 9.47 Å². The highest BCUT2D eigenvalue weighted by atomic mass is 32.2. The van der Waals surface area contributed by atoms with E-state index in [-0.39, 0.29) is 5.97 Å². The summed E-state index contributed by atoms with van der Waals surface area (Å²) in [6, 6.07) is 19.4. The number of esters is 1. The molecule has 0 N–H and O–H groups in total. The van der Waals surface area contributed by atoms with Crippen LogP contribution in [0.2, 0.25) is 0 Å². The Morgan fingerprint density at radius 2 is 1.86 bits per heavy atom. The van der Waals surface area contributed by atoms with Crippen LogP contribution in [0.15, 0.2) is 78.3 Å². The van der Waals surface area contributed by atoms with Crippen molar-refractivity contribution in [2.24, 2.45) is 4.99 Å². The lowest BCUT2D eigenvalue weighted by Gasteiger charge is -2.29. The highest BCUT2D eigenvalue weighted by Crippen LogP contribution is 2.34. The van der Waals surface area contributed by atoms with E-state index in [9.17, 15) is 4.79 Å². The standard InChI is InChI=1S/C23H25NO3S/c1-3-20(26-17-18-11-6-4-7-12-18)23(15-10-16-28-2)22(25)27-21(24-23)19-13-8-5-9-14-19/h3-9,11-14,20H,1,10,15-17H2,2H3/t20-,23+/m1/s1. The van der Waals surface area contributed by atoms with Gasteiger partial charge >= 0.3 is 5.97 Å². The highest BCUT2D eigenvalue weighted by molar-refractivity contribution is 7.98. The van der Waals surface area contributed by atoms with Gasteiger partial charge in [-0.25, -0.2) is 9.79 Å². The number of hydrogen-bond donors (Lipinski definition) is 0. The normalized spacial score (nSPS) is 19.8. The first-order valence-corrected chi connectivity index (χ1v) is 10.7. The Hall–Kier alpha value is -2.37. The average Bonchev–Trinajstić information content (AvgIpc) is 3.07. The quantitative estimate of drug-likeness (QED) is 0.334. The molecule has 2 aromatic rings. The lowest BCUT2D eigenvalue weighted by molar-refractivity contribution is -0.144. The van der Waals surface area contributed by atoms with Crippen LogP contribution in [0.4, 0.5) is 0 Å². The molecule has 5 heteroatoms. The molecule has 0 aliphatic carbocycles. The summed E-state index contributed by atoms with van der Waals surface area (Å²) in [5.41, 5.74) is 0.720. The van der Waals surface area contributed by atoms with Crippen molar-refractivity contribution in [1.82, 2.24) is 0 Å². The summed E-state index contributed by atoms with van der Waals surface area (Å²) in [7, 11) is 0. The van der Waals surface area contributed by atoms with Gasteiger partial charge in [0.1, 0.15) is 6.10 Å². The molecule has 0 spiro atoms. The maximum absolute atomic E-state index is 13.0. The third-order valence-electron chi connectivity index (χ3n) is 4.73. The molecule has 4 nitrogen and oxygen atoms in total. The van der Waals surface area contributed by atoms with Crippen LogP contribution in [-0.2, 0) is 20.9 Å². The molecule has 0 fully saturated rings. The summed E-state index contributed by atoms with van der Waals surface area (Å²) in [4.78, 5) is 17.8. The molecule has 146 valence electrons. The Labute approximate surface area is 170 Å². The van der Waals surface area contributed by atoms with Crippen LogP contribution in [0.3, 0.4) is 0 Å². The number of nitrogens with zero attached hydrogens (tertiary/aromatic N) is 1. The molecule has 0 amide bonds. The molecule has 1 aliphatic heterocycles. The van der Waals surface area contributed by atoms with Gasteiger partial charge in [0.15, 0.2) is 5.54 Å². The molecule has 1 aliphatic rings. The van der Waals surface area contributed by atoms with Gasteiger partial charge in [-0.2, -0.15) is 11.8 Å². The van der Waals surface area contributed by atoms with Crippen molar-refractivity contribution in [3.8, 4) is 0 Å². The molecule has 0 saturated heterocycles. The molecule has 0 bridgehead atoms. The molecular weight excluding hydrogens is 370 g/mol. The Balaban J connectivity index is 1.88. The van der Waals surface area contributed by atoms with Crippen LogP contribution in [-0.4, -0.2) is 35.5 Å². The number of aliphatic imine (C=N–C) groups is 1. The molecule has 28 heavy (non-hydrogen) atoms. The van der Waals surface area contributed by atoms with Crippen molar-refractivity contribution < 1.29 is 14.3 Å². The molecule has 2 atom stereocenters. The Morgan fingerprint density at radius 1 is 1.18 bits per heavy atom. The van der Waals surface area contributed by atoms with Gasteiger partial charge in [-0.3, -0.25) is 0 Å². The van der Waals surface area contributed by atoms with E-state index in [0.717, 1.165) is 23.3 Å². The average molecular weight is 396 g/mol. The summed E-state index contributed by atoms with van der Waals surface area (Å²) in [5.74, 6) is 0.920. The fraction of sp³-hybridized carbons (Fsp3) is 0.304. The van der Waals surface area contributed by atoms with E-state index in [4.69, 9.17) is 14.5 Å². The zero-order chi connectivity index (χ0) is 19.8. The predicted molar refractivity (Wildman–Crippen MR) is 115 cm³/mol. The van der Waals surface area contributed by atoms with Crippen molar-refractivity contribution in [3.05, 3.63) is 84.4 Å². The second-order valence-electron chi connectivity index (χ2n) is 6.65. The van der Waals surface area contributed by atoms with E-state index in [0.29, 0.717) is 18.9 Å². The van der Waals surface area contributed by atoms with Gasteiger partial charge in [-0.15, -0.1) is 6.58 Å². The van der Waals surface area contributed by atoms with E-state index >= 15 is 0 Å². The van der Waals surface area contributed by atoms with Crippen LogP contribution in [0.25, 0.3) is 0 Å². The van der Waals surface area contributed by atoms with Gasteiger partial charge in [0, 0.05) is 5.56 Å². The third kappa shape index (κ3) is 4.54. The molecular formula is C23H25NO3S. The first-order chi connectivity index (χ1) is 13.7. The second-order valence-corrected chi connectivity index (χ2v) is 7.63. The molecule has 1 heterocycles. The van der Waals surface area contributed by atoms with Crippen molar-refractivity contribution in [3.63, 3.8) is 0 Å². The van der Waals surface area contributed by atoms with Crippen molar-refractivity contribution in [2.45, 2.75) is 31.1 Å². The summed E-state index contributed by atoms with van der Waals surface area (Å²) in [5, 5.41) is 0. The maximum atomic E-state index is 13.0. The number of thioether (sulfide) groups is 1. The van der Waals surface area contributed by atoms with E-state index in [1.54, 1.807) is 17.8 Å². The number of rotatable bonds is 10. The minimum atomic E-state index is -1.10. The number of ether oxygens (including phenoxy) is 2. The fourth-order valence-corrected chi connectivity index (χ4v) is 3.69. The van der Waals surface area contributed by atoms with Gasteiger partial charge in [0.05, 0.1) is 6.61 Å². The van der Waals surface area contributed by atoms with E-state index in [1.807, 2.05) is 60.7 Å². The summed E-state index contributed by atoms with van der Waals surface area (Å²) in [6.45, 7) is 4.30. The number of hydrogen-bond acceptors (Lipinski definition) is 5. The zero-order valence-electron chi connectivity index (χ0n) is 16.0. The number of benzene rings is 2. The first kappa shape index (κ1) is 20.4. The summed E-state index contributed by atoms with van der Waals surface area (Å²) < 4.78 is 11.7. The van der Waals surface area contributed by atoms with Crippen molar-refractivity contribution in [1.29, 1.82) is 0 Å². The number of carbonyl (C=O) groups is 1. The predicted octanol–water partition coefficient (Wildman–Crippen LogP) is 4.64. The molecule has 2 aromatic carbocycles. The lowest BCUT2D eigenvalue weighted by Crippen LogP contribution is -2.46. The monoisotopic (exact) mass is 395 g/mol. The molecule has 0 radical (unpaired) electrons. The number of cyclic esters (lactones) is 1. The van der Waals surface area contributed by atoms with Gasteiger partial charge in [0.2, 0.25) is 5.90 Å². The SMILES string of the molecule is C=C[C@@H](OCc1ccccc1)[C@]1(CCCSC)N=C(c2ccccc2)OC1=O. The highest BCUT2D eigenvalue weighted by Gasteiger charge is 2.51. The zero-order valence-corrected chi connectivity index (χ0v) is 16.9. The van der Waals surface area contributed by atoms with Crippen LogP contribution in [0.5, 0.6) is 0 Å². The second kappa shape index (κ2) is 9.71. The summed E-state index contributed by atoms with van der Waals surface area (Å²) in [6.07, 6.45) is 4.54. The van der Waals surface area contributed by atoms with E-state index in [2.05, 4.69) is 12.8 Å². The van der Waals surface area contributed by atoms with E-state index in [1.165, 1.54) is 0 Å². The van der Waals surface area contributed by atoms with E-state index < -0.39 is 11.6 Å². The molecule has 0 unspecified atom stereocenters. The van der Waals surface area contributed by atoms with Gasteiger partial charge in [0.25, 0.3) is 0 Å². The Morgan fingerprint density at radius 3 is 2.50 bits per heavy atom. The topological polar surface area (TPSA) is 47.9 Å². The fourth-order valence-electron chi connectivity index (χ4n) is 3.26. The van der Waals surface area contributed by atoms with Crippen LogP contribution in [0.1, 0.15) is 24.0 Å². The van der Waals surface area contributed by atoms with Crippen molar-refractivity contribution >= 4 is 23.6 Å². The first-order valence-electron chi connectivity index (χ1n) is 9.34. The molecule has 0 saturated carbocycles. The summed E-state index contributed by atoms with van der Waals surface area (Å²) >= 11 is 1.74. The Bertz CT molecular complexity index is 822. The van der Waals surface area contributed by atoms with Crippen LogP contribution < -0.4 is 0 Å². The largest absolute Gasteiger partial charge is 0.405 e. The molecule has 3 rings (SSSR count). The van der Waals surface area contributed by atoms with Crippen molar-refractivity contribution in [2.75, 3.05) is 12.0 Å². The van der Waals surface area contributed by atoms with Gasteiger partial charge in [-0.05, 0) is 42.5 Å². The number of carbonyl (C=O) groups excluding carboxylic acids is 1. The maximum Gasteiger partial charge on any atom is 0.343 e.